The Balaban J connectivity index is 1.38. The zero-order chi connectivity index (χ0) is 25.5. The molecule has 1 aromatic carbocycles. The molecule has 11 heteroatoms. The van der Waals surface area contributed by atoms with Crippen molar-refractivity contribution in [1.82, 2.24) is 19.7 Å². The fourth-order valence-electron chi connectivity index (χ4n) is 3.63. The Morgan fingerprint density at radius 1 is 1.17 bits per heavy atom. The summed E-state index contributed by atoms with van der Waals surface area (Å²) in [7, 11) is 0. The highest BCUT2D eigenvalue weighted by Gasteiger charge is 2.35. The highest BCUT2D eigenvalue weighted by atomic mass is 32.1. The molecule has 1 aliphatic heterocycles. The van der Waals surface area contributed by atoms with E-state index in [1.54, 1.807) is 24.0 Å². The third-order valence-electron chi connectivity index (χ3n) is 5.64. The molecule has 4 rings (SSSR count). The number of hydrogen-bond acceptors (Lipinski definition) is 8. The van der Waals surface area contributed by atoms with Crippen LogP contribution in [0, 0.1) is 20.8 Å². The lowest BCUT2D eigenvalue weighted by Crippen LogP contribution is -2.52. The molecular formula is C24H30N6O4S. The van der Waals surface area contributed by atoms with Crippen molar-refractivity contribution in [1.29, 1.82) is 0 Å². The van der Waals surface area contributed by atoms with E-state index in [9.17, 15) is 14.7 Å². The van der Waals surface area contributed by atoms with Gasteiger partial charge in [-0.05, 0) is 53.2 Å². The second kappa shape index (κ2) is 9.21. The summed E-state index contributed by atoms with van der Waals surface area (Å²) in [5.74, 6) is 0.470. The maximum atomic E-state index is 12.8. The molecule has 0 aliphatic carbocycles. The number of phenols is 1. The first-order chi connectivity index (χ1) is 16.4. The number of aromatic hydroxyl groups is 1. The first-order valence-corrected chi connectivity index (χ1v) is 12.1. The van der Waals surface area contributed by atoms with Crippen molar-refractivity contribution in [2.75, 3.05) is 23.7 Å². The number of benzene rings is 1. The van der Waals surface area contributed by atoms with Gasteiger partial charge in [-0.2, -0.15) is 5.10 Å². The van der Waals surface area contributed by atoms with Crippen LogP contribution in [0.1, 0.15) is 53.2 Å². The van der Waals surface area contributed by atoms with Gasteiger partial charge in [-0.25, -0.2) is 9.78 Å². The number of ether oxygens (including phenoxy) is 1. The highest BCUT2D eigenvalue weighted by Crippen LogP contribution is 2.31. The topological polar surface area (TPSA) is 122 Å². The molecule has 186 valence electrons. The van der Waals surface area contributed by atoms with Gasteiger partial charge in [0.05, 0.1) is 17.9 Å². The predicted molar refractivity (Wildman–Crippen MR) is 135 cm³/mol. The summed E-state index contributed by atoms with van der Waals surface area (Å²) in [6.07, 6.45) is 3.11. The highest BCUT2D eigenvalue weighted by molar-refractivity contribution is 7.17. The number of phenolic OH excluding ortho intramolecular Hbond substituents is 1. The van der Waals surface area contributed by atoms with Crippen molar-refractivity contribution < 1.29 is 19.4 Å². The minimum Gasteiger partial charge on any atom is -0.508 e. The van der Waals surface area contributed by atoms with E-state index in [1.807, 2.05) is 45.5 Å². The number of carbonyl (C=O) groups is 2. The summed E-state index contributed by atoms with van der Waals surface area (Å²) in [5, 5.41) is 21.1. The molecule has 1 saturated heterocycles. The van der Waals surface area contributed by atoms with Gasteiger partial charge in [0.1, 0.15) is 16.2 Å². The zero-order valence-corrected chi connectivity index (χ0v) is 21.5. The Morgan fingerprint density at radius 3 is 2.57 bits per heavy atom. The SMILES string of the molecule is Cc1cn(C2CN(C(=O)OC(C)(C)C)C2)nc1Nc1ncc(C(=O)Nc2c(C)ccc(O)c2C)s1. The van der Waals surface area contributed by atoms with Crippen LogP contribution in [-0.2, 0) is 4.74 Å². The average molecular weight is 499 g/mol. The van der Waals surface area contributed by atoms with E-state index in [4.69, 9.17) is 4.74 Å². The minimum absolute atomic E-state index is 0.0724. The Morgan fingerprint density at radius 2 is 1.89 bits per heavy atom. The molecule has 0 unspecified atom stereocenters. The zero-order valence-electron chi connectivity index (χ0n) is 20.7. The Kier molecular flexibility index (Phi) is 6.46. The van der Waals surface area contributed by atoms with Gasteiger partial charge in [0, 0.05) is 30.4 Å². The molecular weight excluding hydrogens is 468 g/mol. The first-order valence-electron chi connectivity index (χ1n) is 11.3. The van der Waals surface area contributed by atoms with E-state index < -0.39 is 5.60 Å². The van der Waals surface area contributed by atoms with Crippen molar-refractivity contribution in [2.45, 2.75) is 53.2 Å². The second-order valence-electron chi connectivity index (χ2n) is 9.69. The quantitative estimate of drug-likeness (QED) is 0.464. The molecule has 3 aromatic rings. The van der Waals surface area contributed by atoms with Crippen LogP contribution in [-0.4, -0.2) is 55.5 Å². The van der Waals surface area contributed by atoms with Gasteiger partial charge in [0.2, 0.25) is 0 Å². The molecule has 1 aliphatic rings. The largest absolute Gasteiger partial charge is 0.508 e. The van der Waals surface area contributed by atoms with Crippen molar-refractivity contribution >= 4 is 40.0 Å². The molecule has 2 amide bonds. The summed E-state index contributed by atoms with van der Waals surface area (Å²) in [5.41, 5.74) is 2.47. The number of amides is 2. The van der Waals surface area contributed by atoms with E-state index >= 15 is 0 Å². The van der Waals surface area contributed by atoms with Gasteiger partial charge >= 0.3 is 6.09 Å². The van der Waals surface area contributed by atoms with E-state index in [2.05, 4.69) is 20.7 Å². The van der Waals surface area contributed by atoms with E-state index in [0.717, 1.165) is 11.1 Å². The molecule has 3 N–H and O–H groups in total. The fraction of sp³-hybridized carbons (Fsp3) is 0.417. The van der Waals surface area contributed by atoms with Crippen LogP contribution in [0.2, 0.25) is 0 Å². The van der Waals surface area contributed by atoms with Crippen LogP contribution >= 0.6 is 11.3 Å². The number of aryl methyl sites for hydroxylation is 2. The number of hydrogen-bond donors (Lipinski definition) is 3. The second-order valence-corrected chi connectivity index (χ2v) is 10.7. The summed E-state index contributed by atoms with van der Waals surface area (Å²) in [4.78, 5) is 31.3. The number of likely N-dealkylation sites (tertiary alicyclic amines) is 1. The van der Waals surface area contributed by atoms with Gasteiger partial charge in [0.15, 0.2) is 10.9 Å². The van der Waals surface area contributed by atoms with Crippen LogP contribution in [0.3, 0.4) is 0 Å². The molecule has 0 saturated carbocycles. The van der Waals surface area contributed by atoms with Crippen molar-refractivity contribution in [3.05, 3.63) is 46.1 Å². The van der Waals surface area contributed by atoms with E-state index in [0.29, 0.717) is 40.2 Å². The van der Waals surface area contributed by atoms with Gasteiger partial charge in [-0.15, -0.1) is 0 Å². The van der Waals surface area contributed by atoms with Crippen LogP contribution in [0.4, 0.5) is 21.4 Å². The number of anilines is 3. The summed E-state index contributed by atoms with van der Waals surface area (Å²) < 4.78 is 7.25. The molecule has 0 atom stereocenters. The maximum absolute atomic E-state index is 12.8. The molecule has 1 fully saturated rings. The minimum atomic E-state index is -0.522. The fourth-order valence-corrected chi connectivity index (χ4v) is 4.34. The number of carbonyl (C=O) groups excluding carboxylic acids is 2. The standard InChI is InChI=1S/C24H30N6O4S/c1-13-7-8-17(31)15(3)19(13)26-21(32)18-9-25-22(35-18)27-20-14(2)10-30(28-20)16-11-29(12-16)23(33)34-24(4,5)6/h7-10,16,31H,11-12H2,1-6H3,(H,26,32)(H,25,27,28). The maximum Gasteiger partial charge on any atom is 0.410 e. The molecule has 0 radical (unpaired) electrons. The molecule has 0 spiro atoms. The lowest BCUT2D eigenvalue weighted by Gasteiger charge is -2.39. The van der Waals surface area contributed by atoms with Gasteiger partial charge < -0.3 is 25.4 Å². The number of aromatic nitrogens is 3. The number of rotatable bonds is 5. The molecule has 3 heterocycles. The van der Waals surface area contributed by atoms with Crippen LogP contribution in [0.15, 0.2) is 24.5 Å². The van der Waals surface area contributed by atoms with Crippen molar-refractivity contribution in [2.24, 2.45) is 0 Å². The summed E-state index contributed by atoms with van der Waals surface area (Å²) >= 11 is 1.21. The van der Waals surface area contributed by atoms with Gasteiger partial charge in [-0.1, -0.05) is 17.4 Å². The van der Waals surface area contributed by atoms with E-state index in [1.165, 1.54) is 17.5 Å². The summed E-state index contributed by atoms with van der Waals surface area (Å²) in [6, 6.07) is 3.43. The lowest BCUT2D eigenvalue weighted by atomic mass is 10.1. The first kappa shape index (κ1) is 24.5. The Hall–Kier alpha value is -3.60. The molecule has 35 heavy (non-hydrogen) atoms. The third-order valence-corrected chi connectivity index (χ3v) is 6.55. The van der Waals surface area contributed by atoms with Crippen LogP contribution in [0.25, 0.3) is 0 Å². The summed E-state index contributed by atoms with van der Waals surface area (Å²) in [6.45, 7) is 12.2. The lowest BCUT2D eigenvalue weighted by molar-refractivity contribution is -0.000359. The number of nitrogens with one attached hydrogen (secondary N) is 2. The molecule has 2 aromatic heterocycles. The predicted octanol–water partition coefficient (Wildman–Crippen LogP) is 4.76. The van der Waals surface area contributed by atoms with Crippen molar-refractivity contribution in [3.63, 3.8) is 0 Å². The van der Waals surface area contributed by atoms with Gasteiger partial charge in [0.25, 0.3) is 5.91 Å². The molecule has 0 bridgehead atoms. The Labute approximate surface area is 207 Å². The van der Waals surface area contributed by atoms with Crippen LogP contribution < -0.4 is 10.6 Å². The monoisotopic (exact) mass is 498 g/mol. The smallest absolute Gasteiger partial charge is 0.410 e. The number of nitrogens with zero attached hydrogens (tertiary/aromatic N) is 4. The van der Waals surface area contributed by atoms with Crippen LogP contribution in [0.5, 0.6) is 5.75 Å². The normalized spacial score (nSPS) is 13.9. The van der Waals surface area contributed by atoms with Crippen molar-refractivity contribution in [3.8, 4) is 5.75 Å². The Bertz CT molecular complexity index is 1270. The average Bonchev–Trinajstić information content (AvgIpc) is 3.33. The third kappa shape index (κ3) is 5.40. The molecule has 10 nitrogen and oxygen atoms in total. The van der Waals surface area contributed by atoms with E-state index in [-0.39, 0.29) is 23.8 Å². The van der Waals surface area contributed by atoms with Gasteiger partial charge in [-0.3, -0.25) is 9.48 Å². The number of thiazole rings is 1.